The van der Waals surface area contributed by atoms with Crippen LogP contribution >= 0.6 is 0 Å². The minimum Gasteiger partial charge on any atom is -0.366 e. The maximum absolute atomic E-state index is 8.80. The first-order valence-electron chi connectivity index (χ1n) is 5.81. The summed E-state index contributed by atoms with van der Waals surface area (Å²) in [5, 5.41) is 12.2. The fourth-order valence-electron chi connectivity index (χ4n) is 1.58. The predicted molar refractivity (Wildman–Crippen MR) is 69.8 cm³/mol. The fraction of sp³-hybridized carbons (Fsp3) is 0.538. The van der Waals surface area contributed by atoms with Crippen LogP contribution < -0.4 is 5.32 Å². The van der Waals surface area contributed by atoms with Crippen LogP contribution in [0.2, 0.25) is 0 Å². The van der Waals surface area contributed by atoms with Gasteiger partial charge >= 0.3 is 0 Å². The summed E-state index contributed by atoms with van der Waals surface area (Å²) in [6.45, 7) is 5.29. The molecule has 1 aromatic rings. The van der Waals surface area contributed by atoms with Gasteiger partial charge < -0.3 is 10.2 Å². The molecular weight excluding hydrogens is 212 g/mol. The average Bonchev–Trinajstić information content (AvgIpc) is 2.27. The van der Waals surface area contributed by atoms with Crippen LogP contribution in [0.4, 0.5) is 5.82 Å². The number of pyridine rings is 1. The lowest BCUT2D eigenvalue weighted by atomic mass is 10.0. The summed E-state index contributed by atoms with van der Waals surface area (Å²) >= 11 is 0. The lowest BCUT2D eigenvalue weighted by molar-refractivity contribution is 0.344. The van der Waals surface area contributed by atoms with Crippen LogP contribution in [0.3, 0.4) is 0 Å². The molecule has 1 aromatic heterocycles. The molecule has 1 rings (SSSR count). The van der Waals surface area contributed by atoms with Crippen LogP contribution in [-0.2, 0) is 0 Å². The van der Waals surface area contributed by atoms with Crippen molar-refractivity contribution in [3.63, 3.8) is 0 Å². The van der Waals surface area contributed by atoms with E-state index in [-0.39, 0.29) is 0 Å². The minimum atomic E-state index is 0.325. The maximum Gasteiger partial charge on any atom is 0.142 e. The van der Waals surface area contributed by atoms with E-state index in [0.29, 0.717) is 17.7 Å². The molecule has 1 atom stereocenters. The third-order valence-electron chi connectivity index (χ3n) is 2.56. The van der Waals surface area contributed by atoms with Crippen molar-refractivity contribution in [3.05, 3.63) is 23.9 Å². The molecule has 0 saturated heterocycles. The normalized spacial score (nSPS) is 12.5. The van der Waals surface area contributed by atoms with Crippen LogP contribution in [0, 0.1) is 17.2 Å². The second-order valence-electron chi connectivity index (χ2n) is 4.78. The first-order chi connectivity index (χ1) is 8.02. The van der Waals surface area contributed by atoms with Crippen molar-refractivity contribution in [2.45, 2.75) is 19.9 Å². The van der Waals surface area contributed by atoms with Gasteiger partial charge in [-0.25, -0.2) is 4.98 Å². The highest BCUT2D eigenvalue weighted by Crippen LogP contribution is 2.11. The van der Waals surface area contributed by atoms with Crippen LogP contribution in [-0.4, -0.2) is 36.6 Å². The van der Waals surface area contributed by atoms with Gasteiger partial charge in [-0.05, 0) is 32.1 Å². The number of nitrogens with zero attached hydrogens (tertiary/aromatic N) is 3. The molecule has 0 aromatic carbocycles. The summed E-state index contributed by atoms with van der Waals surface area (Å²) in [6, 6.07) is 7.83. The zero-order chi connectivity index (χ0) is 12.8. The number of rotatable bonds is 5. The Labute approximate surface area is 103 Å². The van der Waals surface area contributed by atoms with Crippen molar-refractivity contribution in [2.75, 3.05) is 26.0 Å². The van der Waals surface area contributed by atoms with Gasteiger partial charge in [-0.15, -0.1) is 0 Å². The van der Waals surface area contributed by atoms with Crippen molar-refractivity contribution in [1.29, 1.82) is 5.26 Å². The Kier molecular flexibility index (Phi) is 4.92. The van der Waals surface area contributed by atoms with E-state index >= 15 is 0 Å². The van der Waals surface area contributed by atoms with Gasteiger partial charge in [0, 0.05) is 12.6 Å². The highest BCUT2D eigenvalue weighted by Gasteiger charge is 2.14. The van der Waals surface area contributed by atoms with E-state index in [1.807, 2.05) is 18.2 Å². The van der Waals surface area contributed by atoms with Crippen molar-refractivity contribution in [2.24, 2.45) is 5.92 Å². The second kappa shape index (κ2) is 6.21. The summed E-state index contributed by atoms with van der Waals surface area (Å²) in [6.07, 6.45) is 0. The predicted octanol–water partition coefficient (Wildman–Crippen LogP) is 1.95. The van der Waals surface area contributed by atoms with Crippen molar-refractivity contribution in [3.8, 4) is 6.07 Å². The third-order valence-corrected chi connectivity index (χ3v) is 2.56. The van der Waals surface area contributed by atoms with Gasteiger partial charge in [-0.1, -0.05) is 19.9 Å². The Balaban J connectivity index is 2.75. The SMILES string of the molecule is CC(C)C(CN(C)C)Nc1cccc(C#N)n1. The van der Waals surface area contributed by atoms with Crippen molar-refractivity contribution in [1.82, 2.24) is 9.88 Å². The highest BCUT2D eigenvalue weighted by molar-refractivity contribution is 5.39. The van der Waals surface area contributed by atoms with E-state index in [2.05, 4.69) is 43.1 Å². The minimum absolute atomic E-state index is 0.325. The lowest BCUT2D eigenvalue weighted by Gasteiger charge is -2.26. The van der Waals surface area contributed by atoms with Gasteiger partial charge in [0.15, 0.2) is 0 Å². The molecule has 0 amide bonds. The maximum atomic E-state index is 8.80. The Bertz CT molecular complexity index is 393. The monoisotopic (exact) mass is 232 g/mol. The average molecular weight is 232 g/mol. The molecule has 0 bridgehead atoms. The van der Waals surface area contributed by atoms with E-state index < -0.39 is 0 Å². The number of hydrogen-bond donors (Lipinski definition) is 1. The first-order valence-corrected chi connectivity index (χ1v) is 5.81. The summed E-state index contributed by atoms with van der Waals surface area (Å²) < 4.78 is 0. The summed E-state index contributed by atoms with van der Waals surface area (Å²) in [5.41, 5.74) is 0.447. The van der Waals surface area contributed by atoms with E-state index in [9.17, 15) is 0 Å². The molecule has 1 unspecified atom stereocenters. The molecule has 17 heavy (non-hydrogen) atoms. The number of aromatic nitrogens is 1. The lowest BCUT2D eigenvalue weighted by Crippen LogP contribution is -2.36. The Morgan fingerprint density at radius 3 is 2.65 bits per heavy atom. The summed E-state index contributed by atoms with van der Waals surface area (Å²) in [5.74, 6) is 1.27. The molecule has 1 heterocycles. The Hall–Kier alpha value is -1.60. The zero-order valence-electron chi connectivity index (χ0n) is 10.9. The summed E-state index contributed by atoms with van der Waals surface area (Å²) in [7, 11) is 4.10. The van der Waals surface area contributed by atoms with Crippen molar-refractivity contribution < 1.29 is 0 Å². The molecule has 4 nitrogen and oxygen atoms in total. The molecule has 0 fully saturated rings. The topological polar surface area (TPSA) is 52.0 Å². The highest BCUT2D eigenvalue weighted by atomic mass is 15.1. The van der Waals surface area contributed by atoms with Gasteiger partial charge in [0.1, 0.15) is 17.6 Å². The van der Waals surface area contributed by atoms with Crippen LogP contribution in [0.5, 0.6) is 0 Å². The first kappa shape index (κ1) is 13.5. The molecular formula is C13H20N4. The van der Waals surface area contributed by atoms with E-state index in [1.54, 1.807) is 6.07 Å². The van der Waals surface area contributed by atoms with E-state index in [4.69, 9.17) is 5.26 Å². The molecule has 92 valence electrons. The molecule has 0 aliphatic rings. The largest absolute Gasteiger partial charge is 0.366 e. The fourth-order valence-corrected chi connectivity index (χ4v) is 1.58. The van der Waals surface area contributed by atoms with Crippen LogP contribution in [0.1, 0.15) is 19.5 Å². The molecule has 0 saturated carbocycles. The summed E-state index contributed by atoms with van der Waals surface area (Å²) in [4.78, 5) is 6.37. The van der Waals surface area contributed by atoms with Gasteiger partial charge in [0.2, 0.25) is 0 Å². The molecule has 0 aliphatic carbocycles. The van der Waals surface area contributed by atoms with Crippen LogP contribution in [0.15, 0.2) is 18.2 Å². The number of hydrogen-bond acceptors (Lipinski definition) is 4. The number of nitrogens with one attached hydrogen (secondary N) is 1. The molecule has 4 heteroatoms. The molecule has 0 radical (unpaired) electrons. The Morgan fingerprint density at radius 2 is 2.12 bits per heavy atom. The number of anilines is 1. The van der Waals surface area contributed by atoms with Crippen molar-refractivity contribution >= 4 is 5.82 Å². The van der Waals surface area contributed by atoms with Crippen LogP contribution in [0.25, 0.3) is 0 Å². The second-order valence-corrected chi connectivity index (χ2v) is 4.78. The number of likely N-dealkylation sites (N-methyl/N-ethyl adjacent to an activating group) is 1. The molecule has 0 spiro atoms. The Morgan fingerprint density at radius 1 is 1.41 bits per heavy atom. The van der Waals surface area contributed by atoms with E-state index in [1.165, 1.54) is 0 Å². The van der Waals surface area contributed by atoms with E-state index in [0.717, 1.165) is 12.4 Å². The number of nitriles is 1. The van der Waals surface area contributed by atoms with Gasteiger partial charge in [-0.2, -0.15) is 5.26 Å². The van der Waals surface area contributed by atoms with Gasteiger partial charge in [0.05, 0.1) is 0 Å². The zero-order valence-corrected chi connectivity index (χ0v) is 10.9. The molecule has 0 aliphatic heterocycles. The third kappa shape index (κ3) is 4.41. The standard InChI is InChI=1S/C13H20N4/c1-10(2)12(9-17(3)4)16-13-7-5-6-11(8-14)15-13/h5-7,10,12H,9H2,1-4H3,(H,15,16). The van der Waals surface area contributed by atoms with Gasteiger partial charge in [0.25, 0.3) is 0 Å². The smallest absolute Gasteiger partial charge is 0.142 e. The molecule has 1 N–H and O–H groups in total. The quantitative estimate of drug-likeness (QED) is 0.843. The van der Waals surface area contributed by atoms with Gasteiger partial charge in [-0.3, -0.25) is 0 Å².